The van der Waals surface area contributed by atoms with Gasteiger partial charge in [-0.15, -0.1) is 11.8 Å². The predicted molar refractivity (Wildman–Crippen MR) is 81.8 cm³/mol. The molecule has 1 aliphatic rings. The van der Waals surface area contributed by atoms with Gasteiger partial charge in [-0.25, -0.2) is 9.59 Å². The fourth-order valence-corrected chi connectivity index (χ4v) is 3.30. The van der Waals surface area contributed by atoms with Gasteiger partial charge in [0.15, 0.2) is 0 Å². The first kappa shape index (κ1) is 15.5. The van der Waals surface area contributed by atoms with E-state index in [4.69, 9.17) is 9.84 Å². The van der Waals surface area contributed by atoms with Gasteiger partial charge in [-0.05, 0) is 38.1 Å². The van der Waals surface area contributed by atoms with Crippen LogP contribution in [0.5, 0.6) is 5.75 Å². The number of benzene rings is 1. The molecule has 1 aromatic carbocycles. The first-order valence-corrected chi connectivity index (χ1v) is 7.74. The Labute approximate surface area is 127 Å². The van der Waals surface area contributed by atoms with Gasteiger partial charge in [-0.1, -0.05) is 0 Å². The largest absolute Gasteiger partial charge is 0.494 e. The number of anilines is 1. The van der Waals surface area contributed by atoms with E-state index in [0.29, 0.717) is 18.0 Å². The quantitative estimate of drug-likeness (QED) is 0.893. The Bertz CT molecular complexity index is 520. The van der Waals surface area contributed by atoms with E-state index in [1.807, 2.05) is 13.8 Å². The monoisotopic (exact) mass is 310 g/mol. The second-order valence-electron chi connectivity index (χ2n) is 4.58. The number of ether oxygens (including phenoxy) is 1. The number of urea groups is 1. The lowest BCUT2D eigenvalue weighted by Crippen LogP contribution is -2.46. The van der Waals surface area contributed by atoms with Crippen LogP contribution in [0.4, 0.5) is 10.5 Å². The Morgan fingerprint density at radius 2 is 2.10 bits per heavy atom. The first-order chi connectivity index (χ1) is 10.0. The van der Waals surface area contributed by atoms with E-state index in [-0.39, 0.29) is 5.37 Å². The van der Waals surface area contributed by atoms with Crippen molar-refractivity contribution in [3.05, 3.63) is 24.3 Å². The molecule has 0 bridgehead atoms. The van der Waals surface area contributed by atoms with Crippen LogP contribution in [0.1, 0.15) is 13.8 Å². The molecule has 2 rings (SSSR count). The highest BCUT2D eigenvalue weighted by atomic mass is 32.2. The summed E-state index contributed by atoms with van der Waals surface area (Å²) in [6.07, 6.45) is 0. The number of carboxylic acids is 1. The average molecular weight is 310 g/mol. The maximum absolute atomic E-state index is 12.3. The highest BCUT2D eigenvalue weighted by Crippen LogP contribution is 2.29. The zero-order chi connectivity index (χ0) is 15.4. The molecular formula is C14H18N2O4S. The first-order valence-electron chi connectivity index (χ1n) is 6.69. The van der Waals surface area contributed by atoms with Crippen LogP contribution < -0.4 is 10.1 Å². The van der Waals surface area contributed by atoms with Crippen LogP contribution in [0.3, 0.4) is 0 Å². The fourth-order valence-electron chi connectivity index (χ4n) is 2.13. The number of hydrogen-bond acceptors (Lipinski definition) is 4. The van der Waals surface area contributed by atoms with Crippen LogP contribution in [-0.4, -0.2) is 45.8 Å². The van der Waals surface area contributed by atoms with Crippen molar-refractivity contribution in [2.75, 3.05) is 17.7 Å². The van der Waals surface area contributed by atoms with Gasteiger partial charge in [0.05, 0.1) is 12.0 Å². The standard InChI is InChI=1S/C14H18N2O4S/c1-3-20-11-6-4-10(5-7-11)15-14(19)16-9(2)21-8-12(16)13(17)18/h4-7,9,12H,3,8H2,1-2H3,(H,15,19)(H,17,18). The van der Waals surface area contributed by atoms with E-state index in [0.717, 1.165) is 5.75 Å². The van der Waals surface area contributed by atoms with E-state index >= 15 is 0 Å². The third kappa shape index (κ3) is 3.60. The highest BCUT2D eigenvalue weighted by molar-refractivity contribution is 8.00. The number of carboxylic acid groups (broad SMARTS) is 1. The molecule has 1 aliphatic heterocycles. The molecule has 1 heterocycles. The molecule has 0 radical (unpaired) electrons. The summed E-state index contributed by atoms with van der Waals surface area (Å²) in [5, 5.41) is 11.7. The topological polar surface area (TPSA) is 78.9 Å². The van der Waals surface area contributed by atoms with Crippen LogP contribution >= 0.6 is 11.8 Å². The summed E-state index contributed by atoms with van der Waals surface area (Å²) in [4.78, 5) is 24.8. The van der Waals surface area contributed by atoms with Crippen LogP contribution in [0.25, 0.3) is 0 Å². The van der Waals surface area contributed by atoms with Gasteiger partial charge in [-0.2, -0.15) is 0 Å². The second-order valence-corrected chi connectivity index (χ2v) is 5.93. The fraction of sp³-hybridized carbons (Fsp3) is 0.429. The van der Waals surface area contributed by atoms with Crippen LogP contribution in [0, 0.1) is 0 Å². The molecule has 114 valence electrons. The molecule has 1 saturated heterocycles. The minimum atomic E-state index is -0.978. The Balaban J connectivity index is 2.04. The van der Waals surface area contributed by atoms with Crippen molar-refractivity contribution < 1.29 is 19.4 Å². The molecule has 0 aromatic heterocycles. The minimum Gasteiger partial charge on any atom is -0.494 e. The Morgan fingerprint density at radius 3 is 2.67 bits per heavy atom. The molecule has 0 aliphatic carbocycles. The molecule has 1 aromatic rings. The number of nitrogens with one attached hydrogen (secondary N) is 1. The molecule has 2 amide bonds. The predicted octanol–water partition coefficient (Wildman–Crippen LogP) is 2.47. The molecule has 2 unspecified atom stereocenters. The number of thioether (sulfide) groups is 1. The van der Waals surface area contributed by atoms with Crippen LogP contribution in [0.2, 0.25) is 0 Å². The van der Waals surface area contributed by atoms with Crippen molar-refractivity contribution in [1.29, 1.82) is 0 Å². The molecule has 0 saturated carbocycles. The van der Waals surface area contributed by atoms with Gasteiger partial charge in [0.25, 0.3) is 0 Å². The third-order valence-electron chi connectivity index (χ3n) is 3.16. The summed E-state index contributed by atoms with van der Waals surface area (Å²) in [6.45, 7) is 4.30. The van der Waals surface area contributed by atoms with Gasteiger partial charge < -0.3 is 15.2 Å². The van der Waals surface area contributed by atoms with E-state index in [9.17, 15) is 9.59 Å². The number of amides is 2. The van der Waals surface area contributed by atoms with Gasteiger partial charge in [-0.3, -0.25) is 4.90 Å². The number of carbonyl (C=O) groups is 2. The Kier molecular flexibility index (Phi) is 4.95. The van der Waals surface area contributed by atoms with E-state index in [2.05, 4.69) is 5.32 Å². The zero-order valence-corrected chi connectivity index (χ0v) is 12.7. The van der Waals surface area contributed by atoms with Crippen molar-refractivity contribution in [2.45, 2.75) is 25.3 Å². The number of rotatable bonds is 4. The van der Waals surface area contributed by atoms with Crippen LogP contribution in [-0.2, 0) is 4.79 Å². The molecule has 6 nitrogen and oxygen atoms in total. The Hall–Kier alpha value is -1.89. The maximum Gasteiger partial charge on any atom is 0.327 e. The van der Waals surface area contributed by atoms with Gasteiger partial charge in [0.2, 0.25) is 0 Å². The maximum atomic E-state index is 12.3. The summed E-state index contributed by atoms with van der Waals surface area (Å²) in [7, 11) is 0. The average Bonchev–Trinajstić information content (AvgIpc) is 2.83. The molecule has 1 fully saturated rings. The summed E-state index contributed by atoms with van der Waals surface area (Å²) in [5.74, 6) is 0.158. The van der Waals surface area contributed by atoms with Gasteiger partial charge in [0, 0.05) is 11.4 Å². The van der Waals surface area contributed by atoms with E-state index < -0.39 is 18.0 Å². The summed E-state index contributed by atoms with van der Waals surface area (Å²) < 4.78 is 5.33. The SMILES string of the molecule is CCOc1ccc(NC(=O)N2C(C)SCC2C(=O)O)cc1. The third-order valence-corrected chi connectivity index (χ3v) is 4.38. The lowest BCUT2D eigenvalue weighted by molar-refractivity contribution is -0.141. The molecule has 7 heteroatoms. The smallest absolute Gasteiger partial charge is 0.327 e. The zero-order valence-electron chi connectivity index (χ0n) is 11.9. The van der Waals surface area contributed by atoms with Crippen molar-refractivity contribution in [3.8, 4) is 5.75 Å². The second kappa shape index (κ2) is 6.71. The Morgan fingerprint density at radius 1 is 1.43 bits per heavy atom. The molecule has 21 heavy (non-hydrogen) atoms. The molecular weight excluding hydrogens is 292 g/mol. The summed E-state index contributed by atoms with van der Waals surface area (Å²) in [6, 6.07) is 5.79. The summed E-state index contributed by atoms with van der Waals surface area (Å²) >= 11 is 1.45. The van der Waals surface area contributed by atoms with Gasteiger partial charge >= 0.3 is 12.0 Å². The van der Waals surface area contributed by atoms with Crippen molar-refractivity contribution >= 4 is 29.4 Å². The van der Waals surface area contributed by atoms with E-state index in [1.165, 1.54) is 16.7 Å². The molecule has 0 spiro atoms. The minimum absolute atomic E-state index is 0.159. The normalized spacial score (nSPS) is 21.1. The lowest BCUT2D eigenvalue weighted by Gasteiger charge is -2.25. The van der Waals surface area contributed by atoms with Crippen molar-refractivity contribution in [2.24, 2.45) is 0 Å². The number of hydrogen-bond donors (Lipinski definition) is 2. The lowest BCUT2D eigenvalue weighted by atomic mass is 10.3. The molecule has 2 N–H and O–H groups in total. The number of carbonyl (C=O) groups excluding carboxylic acids is 1. The number of aliphatic carboxylic acids is 1. The van der Waals surface area contributed by atoms with Crippen molar-refractivity contribution in [1.82, 2.24) is 4.90 Å². The summed E-state index contributed by atoms with van der Waals surface area (Å²) in [5.41, 5.74) is 0.608. The van der Waals surface area contributed by atoms with Crippen molar-refractivity contribution in [3.63, 3.8) is 0 Å². The highest BCUT2D eigenvalue weighted by Gasteiger charge is 2.39. The van der Waals surface area contributed by atoms with Crippen LogP contribution in [0.15, 0.2) is 24.3 Å². The molecule has 2 atom stereocenters. The van der Waals surface area contributed by atoms with Gasteiger partial charge in [0.1, 0.15) is 11.8 Å². The van der Waals surface area contributed by atoms with E-state index in [1.54, 1.807) is 24.3 Å². The number of nitrogens with zero attached hydrogens (tertiary/aromatic N) is 1.